The van der Waals surface area contributed by atoms with E-state index in [1.165, 1.54) is 0 Å². The molecule has 0 aliphatic carbocycles. The van der Waals surface area contributed by atoms with E-state index in [9.17, 15) is 9.59 Å². The molecule has 0 spiro atoms. The summed E-state index contributed by atoms with van der Waals surface area (Å²) in [7, 11) is 0. The highest BCUT2D eigenvalue weighted by Gasteiger charge is 2.14. The lowest BCUT2D eigenvalue weighted by Gasteiger charge is -2.10. The third-order valence-electron chi connectivity index (χ3n) is 2.35. The molecule has 1 heterocycles. The maximum absolute atomic E-state index is 11.4. The van der Waals surface area contributed by atoms with E-state index in [1.54, 1.807) is 12.3 Å². The summed E-state index contributed by atoms with van der Waals surface area (Å²) in [6.07, 6.45) is 2.08. The van der Waals surface area contributed by atoms with Gasteiger partial charge in [-0.1, -0.05) is 0 Å². The Hall–Kier alpha value is -1.86. The number of nitrogens with two attached hydrogens (primary N) is 2. The fourth-order valence-electron chi connectivity index (χ4n) is 1.39. The van der Waals surface area contributed by atoms with Gasteiger partial charge in [0.1, 0.15) is 12.4 Å². The van der Waals surface area contributed by atoms with Crippen molar-refractivity contribution in [2.45, 2.75) is 25.5 Å². The van der Waals surface area contributed by atoms with E-state index in [4.69, 9.17) is 20.6 Å². The number of primary amides is 1. The molecule has 1 unspecified atom stereocenters. The van der Waals surface area contributed by atoms with Gasteiger partial charge in [-0.25, -0.2) is 0 Å². The molecule has 1 aromatic heterocycles. The Morgan fingerprint density at radius 3 is 2.89 bits per heavy atom. The van der Waals surface area contributed by atoms with E-state index >= 15 is 0 Å². The summed E-state index contributed by atoms with van der Waals surface area (Å²) < 4.78 is 10.4. The van der Waals surface area contributed by atoms with E-state index in [1.807, 2.05) is 6.07 Å². The molecule has 0 bridgehead atoms. The van der Waals surface area contributed by atoms with Crippen LogP contribution >= 0.6 is 0 Å². The maximum Gasteiger partial charge on any atom is 0.237 e. The smallest absolute Gasteiger partial charge is 0.237 e. The van der Waals surface area contributed by atoms with Crippen LogP contribution < -0.4 is 16.8 Å². The molecule has 19 heavy (non-hydrogen) atoms. The fraction of sp³-hybridized carbons (Fsp3) is 0.500. The number of rotatable bonds is 9. The molecule has 0 aliphatic heterocycles. The number of ether oxygens (including phenoxy) is 1. The van der Waals surface area contributed by atoms with Crippen molar-refractivity contribution in [3.05, 3.63) is 24.2 Å². The SMILES string of the molecule is NC(=O)CC(N)C(=O)NCCCOCc1ccco1. The summed E-state index contributed by atoms with van der Waals surface area (Å²) in [5, 5.41) is 2.61. The molecule has 106 valence electrons. The normalized spacial score (nSPS) is 12.1. The minimum atomic E-state index is -0.887. The van der Waals surface area contributed by atoms with E-state index in [2.05, 4.69) is 5.32 Å². The molecule has 1 atom stereocenters. The summed E-state index contributed by atoms with van der Waals surface area (Å²) in [6.45, 7) is 1.33. The van der Waals surface area contributed by atoms with Gasteiger partial charge in [-0.3, -0.25) is 9.59 Å². The average molecular weight is 269 g/mol. The first-order chi connectivity index (χ1) is 9.09. The van der Waals surface area contributed by atoms with Crippen molar-refractivity contribution in [3.63, 3.8) is 0 Å². The molecule has 0 fully saturated rings. The third kappa shape index (κ3) is 6.58. The minimum Gasteiger partial charge on any atom is -0.467 e. The molecule has 2 amide bonds. The van der Waals surface area contributed by atoms with E-state index in [-0.39, 0.29) is 12.3 Å². The van der Waals surface area contributed by atoms with Crippen molar-refractivity contribution in [1.29, 1.82) is 0 Å². The van der Waals surface area contributed by atoms with Crippen LogP contribution in [0.5, 0.6) is 0 Å². The molecule has 0 aliphatic rings. The summed E-state index contributed by atoms with van der Waals surface area (Å²) in [4.78, 5) is 22.0. The second kappa shape index (κ2) is 8.28. The quantitative estimate of drug-likeness (QED) is 0.522. The number of furan rings is 1. The molecule has 7 heteroatoms. The van der Waals surface area contributed by atoms with Crippen molar-refractivity contribution in [2.24, 2.45) is 11.5 Å². The van der Waals surface area contributed by atoms with Crippen LogP contribution in [0.3, 0.4) is 0 Å². The molecule has 1 rings (SSSR count). The molecule has 1 aromatic rings. The molecular formula is C12H19N3O4. The highest BCUT2D eigenvalue weighted by atomic mass is 16.5. The Morgan fingerprint density at radius 2 is 2.26 bits per heavy atom. The van der Waals surface area contributed by atoms with Crippen molar-refractivity contribution in [3.8, 4) is 0 Å². The predicted octanol–water partition coefficient (Wildman–Crippen LogP) is -0.495. The number of carbonyl (C=O) groups excluding carboxylic acids is 2. The topological polar surface area (TPSA) is 121 Å². The zero-order valence-electron chi connectivity index (χ0n) is 10.6. The minimum absolute atomic E-state index is 0.152. The third-order valence-corrected chi connectivity index (χ3v) is 2.35. The van der Waals surface area contributed by atoms with Gasteiger partial charge in [-0.15, -0.1) is 0 Å². The van der Waals surface area contributed by atoms with Gasteiger partial charge in [0.15, 0.2) is 0 Å². The van der Waals surface area contributed by atoms with Crippen molar-refractivity contribution in [2.75, 3.05) is 13.2 Å². The molecular weight excluding hydrogens is 250 g/mol. The van der Waals surface area contributed by atoms with Crippen LogP contribution in [0.4, 0.5) is 0 Å². The molecule has 0 radical (unpaired) electrons. The number of carbonyl (C=O) groups is 2. The molecule has 5 N–H and O–H groups in total. The second-order valence-corrected chi connectivity index (χ2v) is 4.05. The number of nitrogens with one attached hydrogen (secondary N) is 1. The molecule has 0 saturated heterocycles. The lowest BCUT2D eigenvalue weighted by molar-refractivity contribution is -0.126. The number of hydrogen-bond donors (Lipinski definition) is 3. The zero-order chi connectivity index (χ0) is 14.1. The first-order valence-corrected chi connectivity index (χ1v) is 6.01. The molecule has 0 aromatic carbocycles. The van der Waals surface area contributed by atoms with Gasteiger partial charge in [-0.05, 0) is 18.6 Å². The molecule has 0 saturated carbocycles. The fourth-order valence-corrected chi connectivity index (χ4v) is 1.39. The van der Waals surface area contributed by atoms with Crippen LogP contribution in [-0.2, 0) is 20.9 Å². The Labute approximate surface area is 111 Å². The first kappa shape index (κ1) is 15.2. The van der Waals surface area contributed by atoms with Gasteiger partial charge in [0.05, 0.1) is 18.7 Å². The van der Waals surface area contributed by atoms with Crippen LogP contribution in [-0.4, -0.2) is 31.0 Å². The lowest BCUT2D eigenvalue weighted by Crippen LogP contribution is -2.43. The lowest BCUT2D eigenvalue weighted by atomic mass is 10.2. The number of hydrogen-bond acceptors (Lipinski definition) is 5. The monoisotopic (exact) mass is 269 g/mol. The van der Waals surface area contributed by atoms with Gasteiger partial charge >= 0.3 is 0 Å². The van der Waals surface area contributed by atoms with E-state index in [0.29, 0.717) is 26.2 Å². The summed E-state index contributed by atoms with van der Waals surface area (Å²) >= 11 is 0. The molecule has 7 nitrogen and oxygen atoms in total. The van der Waals surface area contributed by atoms with Crippen LogP contribution in [0.1, 0.15) is 18.6 Å². The highest BCUT2D eigenvalue weighted by molar-refractivity contribution is 5.87. The summed E-state index contributed by atoms with van der Waals surface area (Å²) in [5.74, 6) is -0.221. The zero-order valence-corrected chi connectivity index (χ0v) is 10.6. The standard InChI is InChI=1S/C12H19N3O4/c13-10(7-11(14)16)12(17)15-4-2-5-18-8-9-3-1-6-19-9/h1,3,6,10H,2,4-5,7-8,13H2,(H2,14,16)(H,15,17). The van der Waals surface area contributed by atoms with Crippen molar-refractivity contribution in [1.82, 2.24) is 5.32 Å². The van der Waals surface area contributed by atoms with Gasteiger partial charge < -0.3 is 25.9 Å². The van der Waals surface area contributed by atoms with Crippen LogP contribution in [0.2, 0.25) is 0 Å². The summed E-state index contributed by atoms with van der Waals surface area (Å²) in [6, 6.07) is 2.73. The Bertz CT molecular complexity index is 392. The van der Waals surface area contributed by atoms with Gasteiger partial charge in [0.2, 0.25) is 11.8 Å². The van der Waals surface area contributed by atoms with E-state index in [0.717, 1.165) is 5.76 Å². The van der Waals surface area contributed by atoms with Gasteiger partial charge in [0, 0.05) is 13.2 Å². The van der Waals surface area contributed by atoms with Crippen molar-refractivity contribution >= 4 is 11.8 Å². The highest BCUT2D eigenvalue weighted by Crippen LogP contribution is 2.01. The first-order valence-electron chi connectivity index (χ1n) is 6.01. The Kier molecular flexibility index (Phi) is 6.62. The average Bonchev–Trinajstić information content (AvgIpc) is 2.85. The second-order valence-electron chi connectivity index (χ2n) is 4.05. The van der Waals surface area contributed by atoms with Crippen LogP contribution in [0.25, 0.3) is 0 Å². The van der Waals surface area contributed by atoms with E-state index < -0.39 is 11.9 Å². The van der Waals surface area contributed by atoms with Crippen molar-refractivity contribution < 1.29 is 18.7 Å². The van der Waals surface area contributed by atoms with Crippen LogP contribution in [0.15, 0.2) is 22.8 Å². The van der Waals surface area contributed by atoms with Gasteiger partial charge in [-0.2, -0.15) is 0 Å². The Balaban J connectivity index is 2.01. The van der Waals surface area contributed by atoms with Gasteiger partial charge in [0.25, 0.3) is 0 Å². The predicted molar refractivity (Wildman–Crippen MR) is 67.8 cm³/mol. The Morgan fingerprint density at radius 1 is 1.47 bits per heavy atom. The number of amides is 2. The summed E-state index contributed by atoms with van der Waals surface area (Å²) in [5.41, 5.74) is 10.4. The largest absolute Gasteiger partial charge is 0.467 e. The van der Waals surface area contributed by atoms with Crippen LogP contribution in [0, 0.1) is 0 Å². The maximum atomic E-state index is 11.4.